The molecule has 0 radical (unpaired) electrons. The van der Waals surface area contributed by atoms with Crippen LogP contribution in [-0.2, 0) is 4.57 Å². The van der Waals surface area contributed by atoms with Crippen LogP contribution >= 0.6 is 7.82 Å². The standard InChI is InChI=1S/Al.Cs.H3O4P/c;;1-5(2,3)4/h;;(H3,1,2,3,4)/q+3;+1;/p-3. The quantitative estimate of drug-likeness (QED) is 0.318. The monoisotopic (exact) mass is 255 g/mol. The maximum atomic E-state index is 8.55. The Bertz CT molecular complexity index is 57.8. The number of hydrogen-bond acceptors (Lipinski definition) is 4. The molecule has 0 aromatic heterocycles. The van der Waals surface area contributed by atoms with Crippen LogP contribution in [0.4, 0.5) is 0 Å². The van der Waals surface area contributed by atoms with E-state index in [2.05, 4.69) is 0 Å². The van der Waals surface area contributed by atoms with E-state index in [-0.39, 0.29) is 86.3 Å². The van der Waals surface area contributed by atoms with E-state index in [1.54, 1.807) is 0 Å². The van der Waals surface area contributed by atoms with E-state index < -0.39 is 7.82 Å². The van der Waals surface area contributed by atoms with Crippen LogP contribution in [0.5, 0.6) is 0 Å². The molecule has 0 aliphatic heterocycles. The molecular weight excluding hydrogens is 255 g/mol. The molecule has 0 fully saturated rings. The molecule has 0 heterocycles. The van der Waals surface area contributed by atoms with Gasteiger partial charge in [-0.3, -0.25) is 0 Å². The fraction of sp³-hybridized carbons (Fsp3) is 0. The van der Waals surface area contributed by atoms with Crippen molar-refractivity contribution in [1.82, 2.24) is 0 Å². The SMILES string of the molecule is O=P([O-])([O-])[O-].[Al+3].[Cs+]. The van der Waals surface area contributed by atoms with Crippen molar-refractivity contribution in [2.45, 2.75) is 0 Å². The summed E-state index contributed by atoms with van der Waals surface area (Å²) in [5.41, 5.74) is 0. The maximum Gasteiger partial charge on any atom is 3.00 e. The Balaban J connectivity index is -0.0000000800. The molecule has 4 nitrogen and oxygen atoms in total. The average Bonchev–Trinajstić information content (AvgIpc) is 0.722. The van der Waals surface area contributed by atoms with Crippen molar-refractivity contribution in [2.75, 3.05) is 0 Å². The van der Waals surface area contributed by atoms with Crippen LogP contribution in [0.3, 0.4) is 0 Å². The Morgan fingerprint density at radius 3 is 1.14 bits per heavy atom. The number of rotatable bonds is 0. The van der Waals surface area contributed by atoms with Crippen LogP contribution in [0, 0.1) is 0 Å². The van der Waals surface area contributed by atoms with Gasteiger partial charge in [-0.2, -0.15) is 7.82 Å². The molecule has 0 spiro atoms. The number of phosphoric acid groups is 1. The molecule has 0 rings (SSSR count). The van der Waals surface area contributed by atoms with Gasteiger partial charge in [-0.15, -0.1) is 0 Å². The summed E-state index contributed by atoms with van der Waals surface area (Å²) in [6, 6.07) is 0. The summed E-state index contributed by atoms with van der Waals surface area (Å²) < 4.78 is 8.55. The van der Waals surface area contributed by atoms with E-state index in [0.717, 1.165) is 0 Å². The summed E-state index contributed by atoms with van der Waals surface area (Å²) in [7, 11) is -5.39. The molecule has 0 aromatic carbocycles. The van der Waals surface area contributed by atoms with Crippen LogP contribution in [0.1, 0.15) is 0 Å². The van der Waals surface area contributed by atoms with Crippen LogP contribution in [-0.4, -0.2) is 17.4 Å². The summed E-state index contributed by atoms with van der Waals surface area (Å²) in [4.78, 5) is 25.6. The Labute approximate surface area is 110 Å². The molecule has 0 unspecified atom stereocenters. The molecule has 7 heavy (non-hydrogen) atoms. The first-order valence-corrected chi connectivity index (χ1v) is 2.19. The summed E-state index contributed by atoms with van der Waals surface area (Å²) in [6.45, 7) is 0. The van der Waals surface area contributed by atoms with Crippen LogP contribution < -0.4 is 83.6 Å². The van der Waals surface area contributed by atoms with Crippen molar-refractivity contribution in [3.8, 4) is 0 Å². The molecule has 0 saturated carbocycles. The van der Waals surface area contributed by atoms with E-state index in [1.807, 2.05) is 0 Å². The first-order chi connectivity index (χ1) is 2.00. The third kappa shape index (κ3) is 53.7. The minimum atomic E-state index is -5.39. The van der Waals surface area contributed by atoms with E-state index in [1.165, 1.54) is 0 Å². The zero-order chi connectivity index (χ0) is 4.50. The van der Waals surface area contributed by atoms with E-state index in [9.17, 15) is 0 Å². The largest absolute Gasteiger partial charge is 3.00 e. The van der Waals surface area contributed by atoms with Crippen molar-refractivity contribution in [2.24, 2.45) is 0 Å². The van der Waals surface area contributed by atoms with Crippen molar-refractivity contribution in [3.63, 3.8) is 0 Å². The van der Waals surface area contributed by atoms with Gasteiger partial charge >= 0.3 is 86.3 Å². The zero-order valence-corrected chi connectivity index (χ0v) is 12.0. The van der Waals surface area contributed by atoms with Gasteiger partial charge in [0.25, 0.3) is 0 Å². The Morgan fingerprint density at radius 1 is 1.14 bits per heavy atom. The second-order valence-electron chi connectivity index (χ2n) is 0.447. The van der Waals surface area contributed by atoms with Gasteiger partial charge < -0.3 is 19.2 Å². The first-order valence-electron chi connectivity index (χ1n) is 0.730. The Morgan fingerprint density at radius 2 is 1.14 bits per heavy atom. The third-order valence-electron chi connectivity index (χ3n) is 0. The summed E-state index contributed by atoms with van der Waals surface area (Å²) in [5.74, 6) is 0. The van der Waals surface area contributed by atoms with Gasteiger partial charge in [-0.1, -0.05) is 0 Å². The van der Waals surface area contributed by atoms with E-state index in [4.69, 9.17) is 19.2 Å². The van der Waals surface area contributed by atoms with Crippen molar-refractivity contribution >= 4 is 25.2 Å². The van der Waals surface area contributed by atoms with Gasteiger partial charge in [0.2, 0.25) is 0 Å². The molecule has 32 valence electrons. The Hall–Kier alpha value is 2.69. The molecule has 0 aliphatic rings. The smallest absolute Gasteiger partial charge is 0.822 e. The molecule has 0 saturated heterocycles. The van der Waals surface area contributed by atoms with Crippen molar-refractivity contribution < 1.29 is 88.1 Å². The third-order valence-corrected chi connectivity index (χ3v) is 0. The van der Waals surface area contributed by atoms with Crippen LogP contribution in [0.25, 0.3) is 0 Å². The molecule has 0 atom stereocenters. The molecule has 0 bridgehead atoms. The predicted octanol–water partition coefficient (Wildman–Crippen LogP) is -6.20. The average molecular weight is 255 g/mol. The Kier molecular flexibility index (Phi) is 15.9. The fourth-order valence-corrected chi connectivity index (χ4v) is 0. The van der Waals surface area contributed by atoms with Gasteiger partial charge in [-0.05, 0) is 0 Å². The molecule has 0 N–H and O–H groups in total. The van der Waals surface area contributed by atoms with Gasteiger partial charge in [0.15, 0.2) is 0 Å². The summed E-state index contributed by atoms with van der Waals surface area (Å²) in [5, 5.41) is 0. The molecular formula is AlCsO4P+. The summed E-state index contributed by atoms with van der Waals surface area (Å²) in [6.07, 6.45) is 0. The van der Waals surface area contributed by atoms with Gasteiger partial charge in [0.1, 0.15) is 0 Å². The summed E-state index contributed by atoms with van der Waals surface area (Å²) >= 11 is 0. The van der Waals surface area contributed by atoms with Gasteiger partial charge in [-0.25, -0.2) is 0 Å². The van der Waals surface area contributed by atoms with E-state index >= 15 is 0 Å². The number of hydrogen-bond donors (Lipinski definition) is 0. The van der Waals surface area contributed by atoms with Crippen LogP contribution in [0.2, 0.25) is 0 Å². The molecule has 7 heteroatoms. The van der Waals surface area contributed by atoms with Crippen molar-refractivity contribution in [1.29, 1.82) is 0 Å². The minimum Gasteiger partial charge on any atom is -0.822 e. The van der Waals surface area contributed by atoms with Crippen LogP contribution in [0.15, 0.2) is 0 Å². The second kappa shape index (κ2) is 6.81. The maximum absolute atomic E-state index is 8.55. The van der Waals surface area contributed by atoms with Gasteiger partial charge in [0, 0.05) is 0 Å². The normalized spacial score (nSPS) is 8.43. The minimum absolute atomic E-state index is 0. The zero-order valence-electron chi connectivity index (χ0n) is 3.66. The van der Waals surface area contributed by atoms with Gasteiger partial charge in [0.05, 0.1) is 0 Å². The van der Waals surface area contributed by atoms with Crippen molar-refractivity contribution in [3.05, 3.63) is 0 Å². The predicted molar refractivity (Wildman–Crippen MR) is 13.4 cm³/mol. The first kappa shape index (κ1) is 16.4. The molecule has 0 amide bonds. The molecule has 0 aromatic rings. The van der Waals surface area contributed by atoms with E-state index in [0.29, 0.717) is 0 Å². The topological polar surface area (TPSA) is 86.2 Å². The second-order valence-corrected chi connectivity index (χ2v) is 1.34. The molecule has 0 aliphatic carbocycles. The fourth-order valence-electron chi connectivity index (χ4n) is 0.